The number of carbonyl (C=O) groups is 1. The molecule has 0 aliphatic carbocycles. The lowest BCUT2D eigenvalue weighted by molar-refractivity contribution is -0.122. The molecule has 0 aromatic carbocycles. The largest absolute Gasteiger partial charge is 0.355 e. The molecule has 2 N–H and O–H groups in total. The lowest BCUT2D eigenvalue weighted by Gasteiger charge is -2.30. The Labute approximate surface area is 154 Å². The van der Waals surface area contributed by atoms with Crippen LogP contribution >= 0.6 is 24.8 Å². The lowest BCUT2D eigenvalue weighted by atomic mass is 9.85. The zero-order valence-electron chi connectivity index (χ0n) is 14.7. The van der Waals surface area contributed by atoms with Crippen LogP contribution in [0.3, 0.4) is 0 Å². The highest BCUT2D eigenvalue weighted by atomic mass is 35.5. The molecule has 0 saturated carbocycles. The van der Waals surface area contributed by atoms with E-state index in [2.05, 4.69) is 29.4 Å². The summed E-state index contributed by atoms with van der Waals surface area (Å²) in [6.07, 6.45) is 5.82. The SMILES string of the molecule is CC1CCN(CCNC(=O)CC(C)C2CCCNC2)CC1.Cl.Cl. The first-order valence-corrected chi connectivity index (χ1v) is 8.85. The highest BCUT2D eigenvalue weighted by molar-refractivity contribution is 5.85. The van der Waals surface area contributed by atoms with Gasteiger partial charge in [0.25, 0.3) is 0 Å². The summed E-state index contributed by atoms with van der Waals surface area (Å²) in [4.78, 5) is 14.5. The maximum Gasteiger partial charge on any atom is 0.220 e. The molecule has 2 aliphatic heterocycles. The van der Waals surface area contributed by atoms with Gasteiger partial charge in [0.2, 0.25) is 5.91 Å². The van der Waals surface area contributed by atoms with Gasteiger partial charge in [-0.3, -0.25) is 4.79 Å². The van der Waals surface area contributed by atoms with Crippen molar-refractivity contribution in [2.45, 2.75) is 46.0 Å². The predicted octanol–water partition coefficient (Wildman–Crippen LogP) is 2.70. The van der Waals surface area contributed by atoms with Gasteiger partial charge in [-0.15, -0.1) is 24.8 Å². The Kier molecular flexibility index (Phi) is 12.3. The topological polar surface area (TPSA) is 44.4 Å². The van der Waals surface area contributed by atoms with E-state index in [4.69, 9.17) is 0 Å². The number of nitrogens with zero attached hydrogens (tertiary/aromatic N) is 1. The summed E-state index contributed by atoms with van der Waals surface area (Å²) in [5.74, 6) is 2.28. The van der Waals surface area contributed by atoms with E-state index in [1.54, 1.807) is 0 Å². The molecule has 2 saturated heterocycles. The maximum absolute atomic E-state index is 12.0. The van der Waals surface area contributed by atoms with Crippen LogP contribution in [0.1, 0.15) is 46.0 Å². The van der Waals surface area contributed by atoms with Gasteiger partial charge >= 0.3 is 0 Å². The molecule has 0 bridgehead atoms. The Morgan fingerprint density at radius 2 is 1.96 bits per heavy atom. The Balaban J connectivity index is 0.00000242. The second-order valence-electron chi connectivity index (χ2n) is 7.16. The van der Waals surface area contributed by atoms with Gasteiger partial charge in [0.05, 0.1) is 0 Å². The first-order valence-electron chi connectivity index (χ1n) is 8.85. The first-order chi connectivity index (χ1) is 10.1. The van der Waals surface area contributed by atoms with Gasteiger partial charge in [0, 0.05) is 19.5 Å². The number of piperidine rings is 2. The predicted molar refractivity (Wildman–Crippen MR) is 102 cm³/mol. The molecule has 23 heavy (non-hydrogen) atoms. The van der Waals surface area contributed by atoms with Crippen LogP contribution in [0.25, 0.3) is 0 Å². The average molecular weight is 368 g/mol. The van der Waals surface area contributed by atoms with E-state index in [1.165, 1.54) is 38.8 Å². The smallest absolute Gasteiger partial charge is 0.220 e. The van der Waals surface area contributed by atoms with Crippen LogP contribution in [-0.2, 0) is 4.79 Å². The quantitative estimate of drug-likeness (QED) is 0.758. The molecule has 0 spiro atoms. The van der Waals surface area contributed by atoms with Crippen molar-refractivity contribution in [2.75, 3.05) is 39.3 Å². The highest BCUT2D eigenvalue weighted by Gasteiger charge is 2.22. The van der Waals surface area contributed by atoms with E-state index in [0.717, 1.165) is 32.1 Å². The number of carbonyl (C=O) groups excluding carboxylic acids is 1. The van der Waals surface area contributed by atoms with Crippen LogP contribution in [-0.4, -0.2) is 50.1 Å². The Hall–Kier alpha value is -0.0300. The van der Waals surface area contributed by atoms with Crippen LogP contribution < -0.4 is 10.6 Å². The summed E-state index contributed by atoms with van der Waals surface area (Å²) in [7, 11) is 0. The van der Waals surface area contributed by atoms with Gasteiger partial charge in [-0.1, -0.05) is 13.8 Å². The van der Waals surface area contributed by atoms with Crippen LogP contribution in [0, 0.1) is 17.8 Å². The Bertz CT molecular complexity index is 317. The van der Waals surface area contributed by atoms with Gasteiger partial charge in [0.1, 0.15) is 0 Å². The molecule has 2 fully saturated rings. The van der Waals surface area contributed by atoms with Crippen molar-refractivity contribution in [1.29, 1.82) is 0 Å². The monoisotopic (exact) mass is 367 g/mol. The third kappa shape index (κ3) is 8.57. The molecule has 2 heterocycles. The van der Waals surface area contributed by atoms with Crippen molar-refractivity contribution < 1.29 is 4.79 Å². The zero-order chi connectivity index (χ0) is 15.1. The summed E-state index contributed by atoms with van der Waals surface area (Å²) in [5.41, 5.74) is 0. The Morgan fingerprint density at radius 3 is 2.57 bits per heavy atom. The van der Waals surface area contributed by atoms with E-state index >= 15 is 0 Å². The highest BCUT2D eigenvalue weighted by Crippen LogP contribution is 2.22. The van der Waals surface area contributed by atoms with Crippen LogP contribution in [0.4, 0.5) is 0 Å². The fourth-order valence-electron chi connectivity index (χ4n) is 3.53. The number of nitrogens with one attached hydrogen (secondary N) is 2. The molecule has 6 heteroatoms. The summed E-state index contributed by atoms with van der Waals surface area (Å²) < 4.78 is 0. The van der Waals surface area contributed by atoms with E-state index in [0.29, 0.717) is 18.3 Å². The van der Waals surface area contributed by atoms with Crippen molar-refractivity contribution in [3.05, 3.63) is 0 Å². The number of rotatable bonds is 6. The first kappa shape index (κ1) is 23.0. The van der Waals surface area contributed by atoms with Crippen molar-refractivity contribution >= 4 is 30.7 Å². The minimum absolute atomic E-state index is 0. The number of likely N-dealkylation sites (tertiary alicyclic amines) is 1. The third-order valence-corrected chi connectivity index (χ3v) is 5.27. The van der Waals surface area contributed by atoms with Crippen molar-refractivity contribution in [1.82, 2.24) is 15.5 Å². The molecule has 0 aromatic heterocycles. The second kappa shape index (κ2) is 12.3. The Morgan fingerprint density at radius 1 is 1.26 bits per heavy atom. The van der Waals surface area contributed by atoms with Gasteiger partial charge in [-0.25, -0.2) is 0 Å². The number of hydrogen-bond acceptors (Lipinski definition) is 3. The molecular weight excluding hydrogens is 333 g/mol. The van der Waals surface area contributed by atoms with Crippen molar-refractivity contribution in [3.8, 4) is 0 Å². The summed E-state index contributed by atoms with van der Waals surface area (Å²) in [6.45, 7) is 11.0. The normalized spacial score (nSPS) is 24.2. The summed E-state index contributed by atoms with van der Waals surface area (Å²) in [6, 6.07) is 0. The minimum atomic E-state index is 0. The standard InChI is InChI=1S/C17H33N3O.2ClH/c1-14-5-9-20(10-6-14)11-8-19-17(21)12-15(2)16-4-3-7-18-13-16;;/h14-16,18H,3-13H2,1-2H3,(H,19,21);2*1H. The molecule has 138 valence electrons. The summed E-state index contributed by atoms with van der Waals surface area (Å²) in [5, 5.41) is 6.55. The molecular formula is C17H35Cl2N3O. The zero-order valence-corrected chi connectivity index (χ0v) is 16.3. The third-order valence-electron chi connectivity index (χ3n) is 5.27. The van der Waals surface area contributed by atoms with Gasteiger partial charge in [-0.2, -0.15) is 0 Å². The molecule has 2 rings (SSSR count). The molecule has 2 unspecified atom stereocenters. The van der Waals surface area contributed by atoms with Crippen LogP contribution in [0.5, 0.6) is 0 Å². The lowest BCUT2D eigenvalue weighted by Crippen LogP contribution is -2.40. The van der Waals surface area contributed by atoms with Gasteiger partial charge in [-0.05, 0) is 69.6 Å². The van der Waals surface area contributed by atoms with E-state index in [-0.39, 0.29) is 30.7 Å². The van der Waals surface area contributed by atoms with E-state index in [1.807, 2.05) is 0 Å². The van der Waals surface area contributed by atoms with Crippen LogP contribution in [0.2, 0.25) is 0 Å². The molecule has 4 nitrogen and oxygen atoms in total. The van der Waals surface area contributed by atoms with E-state index in [9.17, 15) is 4.79 Å². The fourth-order valence-corrected chi connectivity index (χ4v) is 3.53. The fraction of sp³-hybridized carbons (Fsp3) is 0.941. The molecule has 1 amide bonds. The van der Waals surface area contributed by atoms with Gasteiger partial charge in [0.15, 0.2) is 0 Å². The van der Waals surface area contributed by atoms with Crippen LogP contribution in [0.15, 0.2) is 0 Å². The minimum Gasteiger partial charge on any atom is -0.355 e. The number of hydrogen-bond donors (Lipinski definition) is 2. The van der Waals surface area contributed by atoms with Gasteiger partial charge < -0.3 is 15.5 Å². The number of amides is 1. The summed E-state index contributed by atoms with van der Waals surface area (Å²) >= 11 is 0. The van der Waals surface area contributed by atoms with Crippen molar-refractivity contribution in [2.24, 2.45) is 17.8 Å². The molecule has 0 radical (unpaired) electrons. The molecule has 0 aromatic rings. The molecule has 2 aliphatic rings. The second-order valence-corrected chi connectivity index (χ2v) is 7.16. The van der Waals surface area contributed by atoms with Crippen molar-refractivity contribution in [3.63, 3.8) is 0 Å². The molecule has 2 atom stereocenters. The number of halogens is 2. The van der Waals surface area contributed by atoms with E-state index < -0.39 is 0 Å². The average Bonchev–Trinajstić information content (AvgIpc) is 2.50. The maximum atomic E-state index is 12.0.